The summed E-state index contributed by atoms with van der Waals surface area (Å²) in [6.45, 7) is 4.42. The standard InChI is InChI=1S/C22H24N2O3S/c1-4-26-21(25)19-15(2)24(3)22(28)23-20(19)17-12-8-9-13-18(17)27-14-16-10-6-5-7-11-16/h5-13,20H,4,14H2,1-3H3,(H,23,28). The first-order valence-electron chi connectivity index (χ1n) is 9.20. The molecule has 0 spiro atoms. The molecular formula is C22H24N2O3S. The van der Waals surface area contributed by atoms with Gasteiger partial charge in [0.05, 0.1) is 18.2 Å². The third-order valence-corrected chi connectivity index (χ3v) is 5.11. The Morgan fingerprint density at radius 2 is 1.82 bits per heavy atom. The highest BCUT2D eigenvalue weighted by Gasteiger charge is 2.34. The van der Waals surface area contributed by atoms with E-state index in [-0.39, 0.29) is 5.97 Å². The van der Waals surface area contributed by atoms with Crippen LogP contribution in [0.15, 0.2) is 65.9 Å². The van der Waals surface area contributed by atoms with Gasteiger partial charge in [0.1, 0.15) is 12.4 Å². The molecule has 0 bridgehead atoms. The van der Waals surface area contributed by atoms with Gasteiger partial charge < -0.3 is 19.7 Å². The van der Waals surface area contributed by atoms with Crippen molar-refractivity contribution in [3.05, 3.63) is 77.0 Å². The molecule has 0 radical (unpaired) electrons. The molecule has 0 saturated heterocycles. The number of para-hydroxylation sites is 1. The van der Waals surface area contributed by atoms with Crippen molar-refractivity contribution in [2.45, 2.75) is 26.5 Å². The van der Waals surface area contributed by atoms with Gasteiger partial charge in [-0.3, -0.25) is 0 Å². The van der Waals surface area contributed by atoms with E-state index in [0.717, 1.165) is 16.8 Å². The van der Waals surface area contributed by atoms with Gasteiger partial charge in [0.25, 0.3) is 0 Å². The normalized spacial score (nSPS) is 16.6. The third kappa shape index (κ3) is 4.17. The van der Waals surface area contributed by atoms with Crippen molar-refractivity contribution >= 4 is 23.3 Å². The third-order valence-electron chi connectivity index (χ3n) is 4.72. The summed E-state index contributed by atoms with van der Waals surface area (Å²) in [5, 5.41) is 3.81. The summed E-state index contributed by atoms with van der Waals surface area (Å²) in [7, 11) is 1.83. The summed E-state index contributed by atoms with van der Waals surface area (Å²) in [6.07, 6.45) is 0. The molecule has 28 heavy (non-hydrogen) atoms. The Labute approximate surface area is 170 Å². The maximum absolute atomic E-state index is 12.7. The highest BCUT2D eigenvalue weighted by atomic mass is 32.1. The van der Waals surface area contributed by atoms with Crippen LogP contribution in [0.4, 0.5) is 0 Å². The van der Waals surface area contributed by atoms with E-state index < -0.39 is 6.04 Å². The van der Waals surface area contributed by atoms with Crippen molar-refractivity contribution in [3.8, 4) is 5.75 Å². The van der Waals surface area contributed by atoms with Gasteiger partial charge in [-0.05, 0) is 37.7 Å². The summed E-state index contributed by atoms with van der Waals surface area (Å²) in [5.41, 5.74) is 3.22. The van der Waals surface area contributed by atoms with Crippen LogP contribution in [-0.2, 0) is 16.1 Å². The molecule has 0 fully saturated rings. The van der Waals surface area contributed by atoms with Crippen LogP contribution in [0.1, 0.15) is 31.0 Å². The monoisotopic (exact) mass is 396 g/mol. The Morgan fingerprint density at radius 3 is 2.54 bits per heavy atom. The molecule has 5 nitrogen and oxygen atoms in total. The Morgan fingerprint density at radius 1 is 1.14 bits per heavy atom. The molecule has 0 aromatic heterocycles. The largest absolute Gasteiger partial charge is 0.489 e. The molecular weight excluding hydrogens is 372 g/mol. The van der Waals surface area contributed by atoms with Crippen molar-refractivity contribution < 1.29 is 14.3 Å². The number of allylic oxidation sites excluding steroid dienone is 1. The molecule has 1 aliphatic heterocycles. The van der Waals surface area contributed by atoms with Crippen LogP contribution < -0.4 is 10.1 Å². The Hall–Kier alpha value is -2.86. The van der Waals surface area contributed by atoms with E-state index in [1.165, 1.54) is 0 Å². The van der Waals surface area contributed by atoms with Crippen LogP contribution >= 0.6 is 12.2 Å². The molecule has 6 heteroatoms. The number of nitrogens with zero attached hydrogens (tertiary/aromatic N) is 1. The molecule has 1 atom stereocenters. The second-order valence-corrected chi connectivity index (χ2v) is 6.86. The van der Waals surface area contributed by atoms with Gasteiger partial charge in [-0.25, -0.2) is 4.79 Å². The Bertz CT molecular complexity index is 896. The predicted molar refractivity (Wildman–Crippen MR) is 113 cm³/mol. The smallest absolute Gasteiger partial charge is 0.338 e. The average molecular weight is 397 g/mol. The highest BCUT2D eigenvalue weighted by molar-refractivity contribution is 7.80. The molecule has 0 amide bonds. The number of esters is 1. The first-order chi connectivity index (χ1) is 13.5. The number of benzene rings is 2. The van der Waals surface area contributed by atoms with E-state index in [1.54, 1.807) is 11.8 Å². The quantitative estimate of drug-likeness (QED) is 0.589. The lowest BCUT2D eigenvalue weighted by molar-refractivity contribution is -0.139. The zero-order valence-electron chi connectivity index (χ0n) is 16.3. The number of ether oxygens (including phenoxy) is 2. The molecule has 0 saturated carbocycles. The summed E-state index contributed by atoms with van der Waals surface area (Å²) >= 11 is 5.46. The van der Waals surface area contributed by atoms with E-state index in [9.17, 15) is 4.79 Å². The van der Waals surface area contributed by atoms with Crippen molar-refractivity contribution in [1.29, 1.82) is 0 Å². The summed E-state index contributed by atoms with van der Waals surface area (Å²) in [4.78, 5) is 14.5. The minimum atomic E-state index is -0.435. The van der Waals surface area contributed by atoms with Crippen LogP contribution in [0, 0.1) is 0 Å². The molecule has 3 rings (SSSR count). The average Bonchev–Trinajstić information content (AvgIpc) is 2.71. The Kier molecular flexibility index (Phi) is 6.31. The lowest BCUT2D eigenvalue weighted by Gasteiger charge is -2.35. The molecule has 2 aromatic rings. The van der Waals surface area contributed by atoms with Crippen LogP contribution in [0.25, 0.3) is 0 Å². The molecule has 1 N–H and O–H groups in total. The van der Waals surface area contributed by atoms with Crippen LogP contribution in [0.3, 0.4) is 0 Å². The molecule has 0 aliphatic carbocycles. The number of carbonyl (C=O) groups excluding carboxylic acids is 1. The second kappa shape index (κ2) is 8.89. The zero-order valence-corrected chi connectivity index (χ0v) is 17.1. The first-order valence-corrected chi connectivity index (χ1v) is 9.61. The van der Waals surface area contributed by atoms with Gasteiger partial charge in [-0.15, -0.1) is 0 Å². The number of hydrogen-bond acceptors (Lipinski definition) is 4. The first kappa shape index (κ1) is 19.9. The number of hydrogen-bond donors (Lipinski definition) is 1. The minimum Gasteiger partial charge on any atom is -0.489 e. The van der Waals surface area contributed by atoms with Gasteiger partial charge in [0, 0.05) is 18.3 Å². The fourth-order valence-corrected chi connectivity index (χ4v) is 3.38. The lowest BCUT2D eigenvalue weighted by Crippen LogP contribution is -2.46. The SMILES string of the molecule is CCOC(=O)C1=C(C)N(C)C(=S)NC1c1ccccc1OCc1ccccc1. The van der Waals surface area contributed by atoms with Gasteiger partial charge >= 0.3 is 5.97 Å². The van der Waals surface area contributed by atoms with E-state index in [2.05, 4.69) is 5.32 Å². The van der Waals surface area contributed by atoms with E-state index >= 15 is 0 Å². The Balaban J connectivity index is 1.96. The van der Waals surface area contributed by atoms with Gasteiger partial charge in [0.15, 0.2) is 5.11 Å². The summed E-state index contributed by atoms with van der Waals surface area (Å²) < 4.78 is 11.4. The van der Waals surface area contributed by atoms with Crippen LogP contribution in [0.2, 0.25) is 0 Å². The lowest BCUT2D eigenvalue weighted by atomic mass is 9.94. The fourth-order valence-electron chi connectivity index (χ4n) is 3.13. The molecule has 1 aliphatic rings. The van der Waals surface area contributed by atoms with Crippen molar-refractivity contribution in [2.24, 2.45) is 0 Å². The van der Waals surface area contributed by atoms with E-state index in [0.29, 0.717) is 29.6 Å². The predicted octanol–water partition coefficient (Wildman–Crippen LogP) is 3.96. The van der Waals surface area contributed by atoms with E-state index in [1.807, 2.05) is 68.6 Å². The van der Waals surface area contributed by atoms with E-state index in [4.69, 9.17) is 21.7 Å². The molecule has 2 aromatic carbocycles. The van der Waals surface area contributed by atoms with Gasteiger partial charge in [-0.1, -0.05) is 48.5 Å². The van der Waals surface area contributed by atoms with Crippen LogP contribution in [-0.4, -0.2) is 29.6 Å². The number of thiocarbonyl (C=S) groups is 1. The fraction of sp³-hybridized carbons (Fsp3) is 0.273. The second-order valence-electron chi connectivity index (χ2n) is 6.47. The minimum absolute atomic E-state index is 0.308. The number of rotatable bonds is 6. The molecule has 1 unspecified atom stereocenters. The number of carbonyl (C=O) groups is 1. The van der Waals surface area contributed by atoms with Crippen molar-refractivity contribution in [3.63, 3.8) is 0 Å². The highest BCUT2D eigenvalue weighted by Crippen LogP contribution is 2.35. The summed E-state index contributed by atoms with van der Waals surface area (Å²) in [5.74, 6) is 0.343. The summed E-state index contributed by atoms with van der Waals surface area (Å²) in [6, 6.07) is 17.2. The molecule has 146 valence electrons. The topological polar surface area (TPSA) is 50.8 Å². The zero-order chi connectivity index (χ0) is 20.1. The molecule has 1 heterocycles. The van der Waals surface area contributed by atoms with Gasteiger partial charge in [0.2, 0.25) is 0 Å². The number of nitrogens with one attached hydrogen (secondary N) is 1. The van der Waals surface area contributed by atoms with Gasteiger partial charge in [-0.2, -0.15) is 0 Å². The van der Waals surface area contributed by atoms with Crippen molar-refractivity contribution in [1.82, 2.24) is 10.2 Å². The maximum atomic E-state index is 12.7. The van der Waals surface area contributed by atoms with Crippen molar-refractivity contribution in [2.75, 3.05) is 13.7 Å². The maximum Gasteiger partial charge on any atom is 0.338 e. The van der Waals surface area contributed by atoms with Crippen LogP contribution in [0.5, 0.6) is 5.75 Å².